The number of benzene rings is 11. The van der Waals surface area contributed by atoms with E-state index in [1.807, 2.05) is 30.3 Å². The third-order valence-electron chi connectivity index (χ3n) is 11.8. The average molecular weight is 783 g/mol. The van der Waals surface area contributed by atoms with E-state index >= 15 is 0 Å². The Bertz CT molecular complexity index is 3310. The quantitative estimate of drug-likeness (QED) is 0.142. The topological polar surface area (TPSA) is 6.48 Å². The number of hydrogen-bond acceptors (Lipinski definition) is 2. The third kappa shape index (κ3) is 6.44. The Hall–Kier alpha value is -8.01. The molecule has 11 aromatic rings. The molecule has 0 amide bonds. The summed E-state index contributed by atoms with van der Waals surface area (Å²) in [6, 6.07) is 82.8. The van der Waals surface area contributed by atoms with Gasteiger partial charge in [0.05, 0.1) is 0 Å². The molecule has 3 heteroatoms. The monoisotopic (exact) mass is 782 g/mol. The SMILES string of the molecule is Fc1ccc(N(c2ccccc2)c2ccc3c(-c4cccc5ccccc45)c4cc(N(c5ccccc5)c5ccccc5)ccc4c(-c4cccc5ccccc45)c3c2)cc1. The van der Waals surface area contributed by atoms with E-state index in [2.05, 4.69) is 204 Å². The van der Waals surface area contributed by atoms with E-state index in [-0.39, 0.29) is 5.82 Å². The number of anilines is 6. The molecule has 11 aromatic carbocycles. The zero-order valence-electron chi connectivity index (χ0n) is 33.3. The fraction of sp³-hybridized carbons (Fsp3) is 0. The van der Waals surface area contributed by atoms with Crippen molar-refractivity contribution >= 4 is 77.2 Å². The van der Waals surface area contributed by atoms with Crippen LogP contribution >= 0.6 is 0 Å². The lowest BCUT2D eigenvalue weighted by Crippen LogP contribution is -2.10. The lowest BCUT2D eigenvalue weighted by atomic mass is 9.83. The Morgan fingerprint density at radius 2 is 0.590 bits per heavy atom. The largest absolute Gasteiger partial charge is 0.310 e. The molecule has 0 aliphatic heterocycles. The van der Waals surface area contributed by atoms with Gasteiger partial charge in [-0.3, -0.25) is 0 Å². The van der Waals surface area contributed by atoms with Crippen LogP contribution in [0.1, 0.15) is 0 Å². The summed E-state index contributed by atoms with van der Waals surface area (Å²) in [5.74, 6) is -0.267. The van der Waals surface area contributed by atoms with Gasteiger partial charge < -0.3 is 9.80 Å². The molecule has 0 spiro atoms. The van der Waals surface area contributed by atoms with Gasteiger partial charge in [0.25, 0.3) is 0 Å². The minimum Gasteiger partial charge on any atom is -0.310 e. The Kier molecular flexibility index (Phi) is 9.05. The summed E-state index contributed by atoms with van der Waals surface area (Å²) in [7, 11) is 0. The molecule has 0 aromatic heterocycles. The molecule has 0 aliphatic carbocycles. The van der Waals surface area contributed by atoms with Crippen molar-refractivity contribution in [2.75, 3.05) is 9.80 Å². The first-order valence-electron chi connectivity index (χ1n) is 20.7. The molecule has 0 bridgehead atoms. The van der Waals surface area contributed by atoms with Crippen LogP contribution in [0.15, 0.2) is 237 Å². The Morgan fingerprint density at radius 1 is 0.246 bits per heavy atom. The molecule has 0 N–H and O–H groups in total. The molecular weight excluding hydrogens is 744 g/mol. The average Bonchev–Trinajstić information content (AvgIpc) is 3.32. The molecule has 0 radical (unpaired) electrons. The van der Waals surface area contributed by atoms with Gasteiger partial charge in [0.1, 0.15) is 5.82 Å². The number of halogens is 1. The number of hydrogen-bond donors (Lipinski definition) is 0. The number of rotatable bonds is 8. The van der Waals surface area contributed by atoms with E-state index in [0.29, 0.717) is 0 Å². The Morgan fingerprint density at radius 3 is 1.02 bits per heavy atom. The predicted molar refractivity (Wildman–Crippen MR) is 257 cm³/mol. The van der Waals surface area contributed by atoms with E-state index in [9.17, 15) is 4.39 Å². The van der Waals surface area contributed by atoms with Crippen molar-refractivity contribution in [2.24, 2.45) is 0 Å². The van der Waals surface area contributed by atoms with Gasteiger partial charge >= 0.3 is 0 Å². The predicted octanol–water partition coefficient (Wildman–Crippen LogP) is 16.7. The van der Waals surface area contributed by atoms with Crippen LogP contribution in [0.5, 0.6) is 0 Å². The lowest BCUT2D eigenvalue weighted by Gasteiger charge is -2.28. The van der Waals surface area contributed by atoms with Crippen molar-refractivity contribution in [1.82, 2.24) is 0 Å². The highest BCUT2D eigenvalue weighted by Gasteiger charge is 2.23. The van der Waals surface area contributed by atoms with Crippen molar-refractivity contribution < 1.29 is 4.39 Å². The number of para-hydroxylation sites is 3. The molecule has 0 heterocycles. The van der Waals surface area contributed by atoms with E-state index in [4.69, 9.17) is 0 Å². The molecule has 61 heavy (non-hydrogen) atoms. The van der Waals surface area contributed by atoms with Crippen molar-refractivity contribution in [3.8, 4) is 22.3 Å². The smallest absolute Gasteiger partial charge is 0.123 e. The molecule has 0 fully saturated rings. The summed E-state index contributed by atoms with van der Waals surface area (Å²) in [6.45, 7) is 0. The van der Waals surface area contributed by atoms with Gasteiger partial charge in [-0.2, -0.15) is 0 Å². The first-order valence-corrected chi connectivity index (χ1v) is 20.7. The standard InChI is InChI=1S/C58H39FN2/c59-42-30-32-46(33-31-42)61(45-24-8-3-9-25-45)48-35-37-54-56(39-48)58(52-29-15-19-41-17-11-13-27-50(41)52)53-36-34-47(60(43-20-4-1-5-21-43)44-22-6-2-7-23-44)38-55(53)57(54)51-28-14-18-40-16-10-12-26-49(40)51/h1-39H. The second-order valence-electron chi connectivity index (χ2n) is 15.4. The molecule has 11 rings (SSSR count). The molecule has 0 aliphatic rings. The number of nitrogens with zero attached hydrogens (tertiary/aromatic N) is 2. The van der Waals surface area contributed by atoms with E-state index in [1.54, 1.807) is 0 Å². The maximum atomic E-state index is 14.4. The van der Waals surface area contributed by atoms with Crippen molar-refractivity contribution in [3.63, 3.8) is 0 Å². The van der Waals surface area contributed by atoms with Crippen molar-refractivity contribution in [1.29, 1.82) is 0 Å². The normalized spacial score (nSPS) is 11.4. The summed E-state index contributed by atoms with van der Waals surface area (Å²) in [6.07, 6.45) is 0. The molecule has 0 saturated heterocycles. The lowest BCUT2D eigenvalue weighted by molar-refractivity contribution is 0.628. The molecule has 0 unspecified atom stereocenters. The van der Waals surface area contributed by atoms with Crippen LogP contribution in [0.3, 0.4) is 0 Å². The first-order chi connectivity index (χ1) is 30.2. The minimum atomic E-state index is -0.267. The van der Waals surface area contributed by atoms with Crippen LogP contribution in [0, 0.1) is 5.82 Å². The fourth-order valence-corrected chi connectivity index (χ4v) is 9.17. The zero-order chi connectivity index (χ0) is 40.7. The maximum Gasteiger partial charge on any atom is 0.123 e. The first kappa shape index (κ1) is 36.1. The van der Waals surface area contributed by atoms with Crippen LogP contribution < -0.4 is 9.80 Å². The highest BCUT2D eigenvalue weighted by Crippen LogP contribution is 2.50. The van der Waals surface area contributed by atoms with E-state index in [1.165, 1.54) is 50.4 Å². The Labute approximate surface area is 354 Å². The second-order valence-corrected chi connectivity index (χ2v) is 15.4. The van der Waals surface area contributed by atoms with Crippen LogP contribution in [0.2, 0.25) is 0 Å². The van der Waals surface area contributed by atoms with E-state index < -0.39 is 0 Å². The summed E-state index contributed by atoms with van der Waals surface area (Å²) < 4.78 is 14.4. The van der Waals surface area contributed by atoms with Gasteiger partial charge in [-0.15, -0.1) is 0 Å². The summed E-state index contributed by atoms with van der Waals surface area (Å²) in [5.41, 5.74) is 10.8. The van der Waals surface area contributed by atoms with Gasteiger partial charge in [0.15, 0.2) is 0 Å². The molecule has 288 valence electrons. The highest BCUT2D eigenvalue weighted by atomic mass is 19.1. The van der Waals surface area contributed by atoms with Crippen molar-refractivity contribution in [2.45, 2.75) is 0 Å². The molecule has 0 saturated carbocycles. The van der Waals surface area contributed by atoms with Gasteiger partial charge in [-0.1, -0.05) is 152 Å². The third-order valence-corrected chi connectivity index (χ3v) is 11.8. The summed E-state index contributed by atoms with van der Waals surface area (Å²) in [4.78, 5) is 4.56. The van der Waals surface area contributed by atoms with Gasteiger partial charge in [-0.05, 0) is 150 Å². The molecular formula is C58H39FN2. The van der Waals surface area contributed by atoms with Gasteiger partial charge in [0.2, 0.25) is 0 Å². The maximum absolute atomic E-state index is 14.4. The van der Waals surface area contributed by atoms with Gasteiger partial charge in [-0.25, -0.2) is 4.39 Å². The van der Waals surface area contributed by atoms with E-state index in [0.717, 1.165) is 61.2 Å². The van der Waals surface area contributed by atoms with Gasteiger partial charge in [0, 0.05) is 34.1 Å². The minimum absolute atomic E-state index is 0.267. The van der Waals surface area contributed by atoms with Crippen LogP contribution in [-0.2, 0) is 0 Å². The second kappa shape index (κ2) is 15.3. The van der Waals surface area contributed by atoms with Crippen LogP contribution in [0.4, 0.5) is 38.5 Å². The molecule has 0 atom stereocenters. The highest BCUT2D eigenvalue weighted by molar-refractivity contribution is 6.26. The molecule has 2 nitrogen and oxygen atoms in total. The summed E-state index contributed by atoms with van der Waals surface area (Å²) in [5, 5.41) is 9.34. The fourth-order valence-electron chi connectivity index (χ4n) is 9.17. The van der Waals surface area contributed by atoms with Crippen LogP contribution in [0.25, 0.3) is 65.3 Å². The van der Waals surface area contributed by atoms with Crippen LogP contribution in [-0.4, -0.2) is 0 Å². The van der Waals surface area contributed by atoms with Crippen molar-refractivity contribution in [3.05, 3.63) is 242 Å². The summed E-state index contributed by atoms with van der Waals surface area (Å²) >= 11 is 0. The number of fused-ring (bicyclic) bond motifs is 4. The Balaban J connectivity index is 1.30. The zero-order valence-corrected chi connectivity index (χ0v) is 33.3.